The Labute approximate surface area is 74.7 Å². The van der Waals surface area contributed by atoms with Crippen LogP contribution in [-0.4, -0.2) is 23.2 Å². The Morgan fingerprint density at radius 1 is 1.38 bits per heavy atom. The fourth-order valence-electron chi connectivity index (χ4n) is 0.868. The van der Waals surface area contributed by atoms with Crippen molar-refractivity contribution in [3.63, 3.8) is 0 Å². The number of ketones is 1. The van der Waals surface area contributed by atoms with E-state index in [2.05, 4.69) is 0 Å². The lowest BCUT2D eigenvalue weighted by molar-refractivity contribution is -0.203. The minimum Gasteiger partial charge on any atom is -0.377 e. The Balaban J connectivity index is 3.84. The SMILES string of the molecule is CCCCCC(=O)C(O)C(F)(F)F. The quantitative estimate of drug-likeness (QED) is 0.686. The average Bonchev–Trinajstić information content (AvgIpc) is 2.01. The van der Waals surface area contributed by atoms with E-state index in [1.807, 2.05) is 6.92 Å². The number of rotatable bonds is 5. The van der Waals surface area contributed by atoms with Gasteiger partial charge in [-0.3, -0.25) is 4.79 Å². The Morgan fingerprint density at radius 3 is 2.31 bits per heavy atom. The van der Waals surface area contributed by atoms with Gasteiger partial charge >= 0.3 is 6.18 Å². The lowest BCUT2D eigenvalue weighted by Crippen LogP contribution is -2.36. The summed E-state index contributed by atoms with van der Waals surface area (Å²) in [6, 6.07) is 0. The summed E-state index contributed by atoms with van der Waals surface area (Å²) in [6.07, 6.45) is -5.88. The zero-order valence-corrected chi connectivity index (χ0v) is 7.40. The minimum atomic E-state index is -4.82. The highest BCUT2D eigenvalue weighted by Crippen LogP contribution is 2.21. The Kier molecular flexibility index (Phi) is 4.98. The van der Waals surface area contributed by atoms with E-state index >= 15 is 0 Å². The standard InChI is InChI=1S/C8H13F3O2/c1-2-3-4-5-6(12)7(13)8(9,10)11/h7,13H,2-5H2,1H3. The first-order valence-electron chi connectivity index (χ1n) is 4.17. The predicted molar refractivity (Wildman–Crippen MR) is 41.2 cm³/mol. The van der Waals surface area contributed by atoms with Crippen LogP contribution in [0.4, 0.5) is 13.2 Å². The molecule has 0 saturated heterocycles. The van der Waals surface area contributed by atoms with Crippen molar-refractivity contribution in [3.8, 4) is 0 Å². The number of Topliss-reactive ketones (excluding diaryl/α,β-unsaturated/α-hetero) is 1. The highest BCUT2D eigenvalue weighted by atomic mass is 19.4. The van der Waals surface area contributed by atoms with E-state index in [4.69, 9.17) is 5.11 Å². The van der Waals surface area contributed by atoms with Crippen LogP contribution in [0.3, 0.4) is 0 Å². The highest BCUT2D eigenvalue weighted by Gasteiger charge is 2.42. The second kappa shape index (κ2) is 5.21. The van der Waals surface area contributed by atoms with Crippen molar-refractivity contribution in [1.82, 2.24) is 0 Å². The lowest BCUT2D eigenvalue weighted by Gasteiger charge is -2.12. The molecule has 1 atom stereocenters. The Bertz CT molecular complexity index is 165. The van der Waals surface area contributed by atoms with Gasteiger partial charge in [0.05, 0.1) is 0 Å². The summed E-state index contributed by atoms with van der Waals surface area (Å²) in [5.41, 5.74) is 0. The zero-order valence-electron chi connectivity index (χ0n) is 7.40. The first-order chi connectivity index (χ1) is 5.89. The summed E-state index contributed by atoms with van der Waals surface area (Å²) in [5.74, 6) is -1.14. The predicted octanol–water partition coefficient (Wildman–Crippen LogP) is 2.06. The van der Waals surface area contributed by atoms with Crippen molar-refractivity contribution in [2.45, 2.75) is 44.9 Å². The second-order valence-electron chi connectivity index (χ2n) is 2.87. The highest BCUT2D eigenvalue weighted by molar-refractivity contribution is 5.83. The molecule has 0 aliphatic carbocycles. The molecular weight excluding hydrogens is 185 g/mol. The summed E-state index contributed by atoms with van der Waals surface area (Å²) >= 11 is 0. The summed E-state index contributed by atoms with van der Waals surface area (Å²) in [7, 11) is 0. The molecule has 0 aliphatic heterocycles. The number of carbonyl (C=O) groups is 1. The first-order valence-corrected chi connectivity index (χ1v) is 4.17. The molecule has 5 heteroatoms. The van der Waals surface area contributed by atoms with Crippen molar-refractivity contribution < 1.29 is 23.1 Å². The summed E-state index contributed by atoms with van der Waals surface area (Å²) in [4.78, 5) is 10.7. The van der Waals surface area contributed by atoms with Gasteiger partial charge in [0, 0.05) is 6.42 Å². The van der Waals surface area contributed by atoms with E-state index in [0.717, 1.165) is 6.42 Å². The van der Waals surface area contributed by atoms with Gasteiger partial charge in [-0.1, -0.05) is 19.8 Å². The largest absolute Gasteiger partial charge is 0.421 e. The van der Waals surface area contributed by atoms with Gasteiger partial charge < -0.3 is 5.11 Å². The molecule has 0 bridgehead atoms. The van der Waals surface area contributed by atoms with Gasteiger partial charge in [0.1, 0.15) is 0 Å². The molecule has 0 aromatic heterocycles. The van der Waals surface area contributed by atoms with Gasteiger partial charge in [-0.2, -0.15) is 13.2 Å². The normalized spacial score (nSPS) is 14.2. The molecule has 0 radical (unpaired) electrons. The molecule has 0 spiro atoms. The molecule has 78 valence electrons. The van der Waals surface area contributed by atoms with Crippen LogP contribution in [0, 0.1) is 0 Å². The zero-order chi connectivity index (χ0) is 10.5. The molecule has 0 aromatic rings. The number of alkyl halides is 3. The second-order valence-corrected chi connectivity index (χ2v) is 2.87. The molecule has 0 aliphatic rings. The topological polar surface area (TPSA) is 37.3 Å². The number of hydrogen-bond acceptors (Lipinski definition) is 2. The fraction of sp³-hybridized carbons (Fsp3) is 0.875. The molecule has 0 rings (SSSR count). The van der Waals surface area contributed by atoms with Crippen LogP contribution < -0.4 is 0 Å². The third kappa shape index (κ3) is 4.87. The van der Waals surface area contributed by atoms with Gasteiger partial charge in [-0.25, -0.2) is 0 Å². The van der Waals surface area contributed by atoms with Crippen molar-refractivity contribution in [3.05, 3.63) is 0 Å². The Hall–Kier alpha value is -0.580. The van der Waals surface area contributed by atoms with Crippen LogP contribution in [0.15, 0.2) is 0 Å². The summed E-state index contributed by atoms with van der Waals surface area (Å²) in [6.45, 7) is 1.88. The third-order valence-corrected chi connectivity index (χ3v) is 1.64. The lowest BCUT2D eigenvalue weighted by atomic mass is 10.1. The molecular formula is C8H13F3O2. The molecule has 1 N–H and O–H groups in total. The van der Waals surface area contributed by atoms with E-state index in [1.165, 1.54) is 0 Å². The Morgan fingerprint density at radius 2 is 1.92 bits per heavy atom. The molecule has 0 saturated carbocycles. The molecule has 13 heavy (non-hydrogen) atoms. The molecule has 0 heterocycles. The number of unbranched alkanes of at least 4 members (excludes halogenated alkanes) is 2. The minimum absolute atomic E-state index is 0.200. The molecule has 1 unspecified atom stereocenters. The third-order valence-electron chi connectivity index (χ3n) is 1.64. The van der Waals surface area contributed by atoms with Crippen molar-refractivity contribution in [2.75, 3.05) is 0 Å². The maximum Gasteiger partial charge on any atom is 0.421 e. The van der Waals surface area contributed by atoms with Gasteiger partial charge in [0.2, 0.25) is 6.10 Å². The number of carbonyl (C=O) groups excluding carboxylic acids is 1. The van der Waals surface area contributed by atoms with Crippen LogP contribution >= 0.6 is 0 Å². The summed E-state index contributed by atoms with van der Waals surface area (Å²) in [5, 5.41) is 8.48. The average molecular weight is 198 g/mol. The summed E-state index contributed by atoms with van der Waals surface area (Å²) < 4.78 is 35.2. The van der Waals surface area contributed by atoms with E-state index in [-0.39, 0.29) is 6.42 Å². The van der Waals surface area contributed by atoms with Crippen LogP contribution in [0.1, 0.15) is 32.6 Å². The van der Waals surface area contributed by atoms with Gasteiger partial charge in [-0.15, -0.1) is 0 Å². The van der Waals surface area contributed by atoms with E-state index < -0.39 is 18.1 Å². The maximum absolute atomic E-state index is 11.7. The van der Waals surface area contributed by atoms with Gasteiger partial charge in [-0.05, 0) is 6.42 Å². The van der Waals surface area contributed by atoms with Crippen molar-refractivity contribution in [2.24, 2.45) is 0 Å². The van der Waals surface area contributed by atoms with E-state index in [1.54, 1.807) is 0 Å². The van der Waals surface area contributed by atoms with Crippen LogP contribution in [-0.2, 0) is 4.79 Å². The van der Waals surface area contributed by atoms with Crippen LogP contribution in [0.5, 0.6) is 0 Å². The van der Waals surface area contributed by atoms with Gasteiger partial charge in [0.25, 0.3) is 0 Å². The fourth-order valence-corrected chi connectivity index (χ4v) is 0.868. The number of halogens is 3. The molecule has 2 nitrogen and oxygen atoms in total. The smallest absolute Gasteiger partial charge is 0.377 e. The van der Waals surface area contributed by atoms with E-state index in [9.17, 15) is 18.0 Å². The van der Waals surface area contributed by atoms with Crippen molar-refractivity contribution >= 4 is 5.78 Å². The first kappa shape index (κ1) is 12.4. The molecule has 0 amide bonds. The number of aliphatic hydroxyl groups excluding tert-OH is 1. The molecule has 0 aromatic carbocycles. The van der Waals surface area contributed by atoms with Crippen LogP contribution in [0.2, 0.25) is 0 Å². The maximum atomic E-state index is 11.7. The monoisotopic (exact) mass is 198 g/mol. The van der Waals surface area contributed by atoms with E-state index in [0.29, 0.717) is 12.8 Å². The number of aliphatic hydroxyl groups is 1. The van der Waals surface area contributed by atoms with Gasteiger partial charge in [0.15, 0.2) is 5.78 Å². The number of hydrogen-bond donors (Lipinski definition) is 1. The van der Waals surface area contributed by atoms with Crippen LogP contribution in [0.25, 0.3) is 0 Å². The van der Waals surface area contributed by atoms with Crippen molar-refractivity contribution in [1.29, 1.82) is 0 Å². The molecule has 0 fully saturated rings.